The van der Waals surface area contributed by atoms with Gasteiger partial charge in [0.05, 0.1) is 23.4 Å². The quantitative estimate of drug-likeness (QED) is 0.838. The Morgan fingerprint density at radius 2 is 1.90 bits per heavy atom. The van der Waals surface area contributed by atoms with E-state index in [0.717, 1.165) is 5.56 Å². The second kappa shape index (κ2) is 6.50. The fourth-order valence-corrected chi connectivity index (χ4v) is 2.13. The van der Waals surface area contributed by atoms with Gasteiger partial charge in [0.2, 0.25) is 0 Å². The second-order valence-corrected chi connectivity index (χ2v) is 5.05. The lowest BCUT2D eigenvalue weighted by Crippen LogP contribution is -2.08. The Hall–Kier alpha value is -2.20. The number of nitrogens with one attached hydrogen (secondary N) is 1. The number of rotatable bonds is 4. The first-order chi connectivity index (χ1) is 10.0. The molecule has 0 aliphatic heterocycles. The van der Waals surface area contributed by atoms with Crippen LogP contribution in [0.3, 0.4) is 0 Å². The molecule has 0 aliphatic rings. The minimum Gasteiger partial charge on any atom is -0.508 e. The Morgan fingerprint density at radius 1 is 1.24 bits per heavy atom. The molecule has 0 heterocycles. The first kappa shape index (κ1) is 15.2. The third-order valence-electron chi connectivity index (χ3n) is 3.15. The number of methoxy groups -OCH3 is 1. The predicted octanol–water partition coefficient (Wildman–Crippen LogP) is 4.01. The smallest absolute Gasteiger partial charge is 0.337 e. The summed E-state index contributed by atoms with van der Waals surface area (Å²) < 4.78 is 4.70. The number of hydrogen-bond acceptors (Lipinski definition) is 4. The Balaban J connectivity index is 2.22. The largest absolute Gasteiger partial charge is 0.508 e. The zero-order valence-electron chi connectivity index (χ0n) is 11.8. The third kappa shape index (κ3) is 3.67. The van der Waals surface area contributed by atoms with Crippen LogP contribution in [0.5, 0.6) is 5.75 Å². The lowest BCUT2D eigenvalue weighted by atomic mass is 10.1. The number of benzene rings is 2. The highest BCUT2D eigenvalue weighted by Gasteiger charge is 2.12. The van der Waals surface area contributed by atoms with Crippen molar-refractivity contribution in [1.82, 2.24) is 0 Å². The van der Waals surface area contributed by atoms with Gasteiger partial charge in [-0.25, -0.2) is 4.79 Å². The van der Waals surface area contributed by atoms with Crippen molar-refractivity contribution in [3.63, 3.8) is 0 Å². The lowest BCUT2D eigenvalue weighted by molar-refractivity contribution is 0.0601. The first-order valence-electron chi connectivity index (χ1n) is 6.44. The normalized spacial score (nSPS) is 11.8. The van der Waals surface area contributed by atoms with Crippen molar-refractivity contribution >= 4 is 23.3 Å². The summed E-state index contributed by atoms with van der Waals surface area (Å²) in [6, 6.07) is 11.8. The number of carbonyl (C=O) groups excluding carboxylic acids is 1. The molecule has 0 amide bonds. The van der Waals surface area contributed by atoms with E-state index in [1.807, 2.05) is 19.1 Å². The molecule has 0 radical (unpaired) electrons. The van der Waals surface area contributed by atoms with Crippen LogP contribution in [0.1, 0.15) is 28.9 Å². The van der Waals surface area contributed by atoms with Gasteiger partial charge in [0.25, 0.3) is 0 Å². The van der Waals surface area contributed by atoms with Gasteiger partial charge < -0.3 is 15.2 Å². The van der Waals surface area contributed by atoms with Gasteiger partial charge in [-0.3, -0.25) is 0 Å². The number of aromatic hydroxyl groups is 1. The van der Waals surface area contributed by atoms with E-state index in [4.69, 9.17) is 16.3 Å². The molecule has 0 saturated heterocycles. The van der Waals surface area contributed by atoms with E-state index in [9.17, 15) is 9.90 Å². The fourth-order valence-electron chi connectivity index (χ4n) is 1.96. The Bertz CT molecular complexity index is 640. The molecule has 1 unspecified atom stereocenters. The van der Waals surface area contributed by atoms with Crippen LogP contribution in [0.25, 0.3) is 0 Å². The zero-order valence-corrected chi connectivity index (χ0v) is 12.5. The van der Waals surface area contributed by atoms with Crippen LogP contribution in [0, 0.1) is 0 Å². The highest BCUT2D eigenvalue weighted by molar-refractivity contribution is 6.33. The van der Waals surface area contributed by atoms with Crippen LogP contribution in [-0.2, 0) is 4.74 Å². The number of phenolic OH excluding ortho intramolecular Hbond substituents is 1. The van der Waals surface area contributed by atoms with Gasteiger partial charge in [-0.05, 0) is 42.8 Å². The molecule has 21 heavy (non-hydrogen) atoms. The van der Waals surface area contributed by atoms with Crippen molar-refractivity contribution in [2.45, 2.75) is 13.0 Å². The number of ether oxygens (including phenoxy) is 1. The van der Waals surface area contributed by atoms with Crippen molar-refractivity contribution in [1.29, 1.82) is 0 Å². The van der Waals surface area contributed by atoms with E-state index in [2.05, 4.69) is 5.32 Å². The highest BCUT2D eigenvalue weighted by Crippen LogP contribution is 2.28. The summed E-state index contributed by atoms with van der Waals surface area (Å²) in [7, 11) is 1.34. The maximum atomic E-state index is 11.5. The van der Waals surface area contributed by atoms with Gasteiger partial charge >= 0.3 is 5.97 Å². The monoisotopic (exact) mass is 305 g/mol. The molecule has 0 aliphatic carbocycles. The molecule has 5 heteroatoms. The molecule has 2 aromatic carbocycles. The lowest BCUT2D eigenvalue weighted by Gasteiger charge is -2.17. The van der Waals surface area contributed by atoms with Crippen molar-refractivity contribution < 1.29 is 14.6 Å². The summed E-state index contributed by atoms with van der Waals surface area (Å²) in [6.45, 7) is 1.97. The molecule has 2 aromatic rings. The molecule has 0 fully saturated rings. The summed E-state index contributed by atoms with van der Waals surface area (Å²) in [5.74, 6) is -0.191. The maximum Gasteiger partial charge on any atom is 0.337 e. The molecule has 0 bridgehead atoms. The number of anilines is 1. The van der Waals surface area contributed by atoms with Crippen LogP contribution in [0.2, 0.25) is 5.02 Å². The van der Waals surface area contributed by atoms with Gasteiger partial charge in [0, 0.05) is 6.04 Å². The van der Waals surface area contributed by atoms with Crippen molar-refractivity contribution in [3.8, 4) is 5.75 Å². The number of halogens is 1. The van der Waals surface area contributed by atoms with E-state index in [-0.39, 0.29) is 11.8 Å². The highest BCUT2D eigenvalue weighted by atomic mass is 35.5. The molecule has 0 aromatic heterocycles. The fraction of sp³-hybridized carbons (Fsp3) is 0.188. The summed E-state index contributed by atoms with van der Waals surface area (Å²) in [6.07, 6.45) is 0. The second-order valence-electron chi connectivity index (χ2n) is 4.64. The first-order valence-corrected chi connectivity index (χ1v) is 6.82. The van der Waals surface area contributed by atoms with Crippen molar-refractivity contribution in [3.05, 3.63) is 58.6 Å². The van der Waals surface area contributed by atoms with Crippen LogP contribution in [0.4, 0.5) is 5.69 Å². The predicted molar refractivity (Wildman–Crippen MR) is 82.9 cm³/mol. The Labute approximate surface area is 128 Å². The van der Waals surface area contributed by atoms with E-state index in [0.29, 0.717) is 16.3 Å². The standard InChI is InChI=1S/C16H16ClNO3/c1-10(11-3-6-13(19)7-4-11)18-15-9-12(16(20)21-2)5-8-14(15)17/h3-10,18-19H,1-2H3. The minimum atomic E-state index is -0.410. The summed E-state index contributed by atoms with van der Waals surface area (Å²) in [4.78, 5) is 11.5. The van der Waals surface area contributed by atoms with Crippen LogP contribution in [0.15, 0.2) is 42.5 Å². The van der Waals surface area contributed by atoms with Crippen LogP contribution in [-0.4, -0.2) is 18.2 Å². The zero-order chi connectivity index (χ0) is 15.4. The Morgan fingerprint density at radius 3 is 2.52 bits per heavy atom. The van der Waals surface area contributed by atoms with E-state index >= 15 is 0 Å². The molecular formula is C16H16ClNO3. The molecule has 1 atom stereocenters. The van der Waals surface area contributed by atoms with Gasteiger partial charge in [0.15, 0.2) is 0 Å². The Kier molecular flexibility index (Phi) is 4.70. The van der Waals surface area contributed by atoms with Gasteiger partial charge in [-0.2, -0.15) is 0 Å². The molecule has 2 rings (SSSR count). The topological polar surface area (TPSA) is 58.6 Å². The number of esters is 1. The van der Waals surface area contributed by atoms with E-state index in [1.165, 1.54) is 7.11 Å². The molecule has 0 spiro atoms. The molecule has 0 saturated carbocycles. The van der Waals surface area contributed by atoms with E-state index < -0.39 is 5.97 Å². The van der Waals surface area contributed by atoms with E-state index in [1.54, 1.807) is 30.3 Å². The van der Waals surface area contributed by atoms with Crippen molar-refractivity contribution in [2.24, 2.45) is 0 Å². The molecule has 4 nitrogen and oxygen atoms in total. The SMILES string of the molecule is COC(=O)c1ccc(Cl)c(NC(C)c2ccc(O)cc2)c1. The van der Waals surface area contributed by atoms with Gasteiger partial charge in [0.1, 0.15) is 5.75 Å². The van der Waals surface area contributed by atoms with Gasteiger partial charge in [-0.1, -0.05) is 23.7 Å². The minimum absolute atomic E-state index is 0.0315. The number of carbonyl (C=O) groups is 1. The molecule has 2 N–H and O–H groups in total. The third-order valence-corrected chi connectivity index (χ3v) is 3.48. The summed E-state index contributed by atoms with van der Waals surface area (Å²) >= 11 is 6.15. The maximum absolute atomic E-state index is 11.5. The van der Waals surface area contributed by atoms with Crippen LogP contribution >= 0.6 is 11.6 Å². The number of phenols is 1. The molecule has 110 valence electrons. The summed E-state index contributed by atoms with van der Waals surface area (Å²) in [5, 5.41) is 13.1. The van der Waals surface area contributed by atoms with Gasteiger partial charge in [-0.15, -0.1) is 0 Å². The number of hydrogen-bond donors (Lipinski definition) is 2. The van der Waals surface area contributed by atoms with Crippen molar-refractivity contribution in [2.75, 3.05) is 12.4 Å². The average molecular weight is 306 g/mol. The average Bonchev–Trinajstić information content (AvgIpc) is 2.49. The summed E-state index contributed by atoms with van der Waals surface area (Å²) in [5.41, 5.74) is 2.08. The molecular weight excluding hydrogens is 290 g/mol. The van der Waals surface area contributed by atoms with Crippen LogP contribution < -0.4 is 5.32 Å².